The quantitative estimate of drug-likeness (QED) is 0.566. The van der Waals surface area contributed by atoms with Crippen molar-refractivity contribution >= 4 is 34.7 Å². The van der Waals surface area contributed by atoms with Crippen LogP contribution in [0.15, 0.2) is 30.7 Å². The van der Waals surface area contributed by atoms with Gasteiger partial charge in [0.25, 0.3) is 0 Å². The average Bonchev–Trinajstić information content (AvgIpc) is 3.32. The second-order valence-corrected chi connectivity index (χ2v) is 7.42. The van der Waals surface area contributed by atoms with E-state index in [9.17, 15) is 4.79 Å². The molecule has 9 nitrogen and oxygen atoms in total. The van der Waals surface area contributed by atoms with Crippen LogP contribution in [0.3, 0.4) is 0 Å². The molecule has 29 heavy (non-hydrogen) atoms. The van der Waals surface area contributed by atoms with E-state index in [-0.39, 0.29) is 11.9 Å². The Morgan fingerprint density at radius 3 is 2.83 bits per heavy atom. The Morgan fingerprint density at radius 1 is 1.21 bits per heavy atom. The minimum atomic E-state index is 0.228. The molecule has 0 atom stereocenters. The summed E-state index contributed by atoms with van der Waals surface area (Å²) in [7, 11) is 0. The van der Waals surface area contributed by atoms with Crippen molar-refractivity contribution in [2.45, 2.75) is 39.2 Å². The van der Waals surface area contributed by atoms with E-state index < -0.39 is 0 Å². The van der Waals surface area contributed by atoms with Crippen molar-refractivity contribution in [1.29, 1.82) is 0 Å². The van der Waals surface area contributed by atoms with Crippen molar-refractivity contribution in [2.75, 3.05) is 30.3 Å². The van der Waals surface area contributed by atoms with Crippen molar-refractivity contribution in [3.8, 4) is 0 Å². The van der Waals surface area contributed by atoms with Gasteiger partial charge in [0.1, 0.15) is 5.82 Å². The summed E-state index contributed by atoms with van der Waals surface area (Å²) in [4.78, 5) is 31.8. The van der Waals surface area contributed by atoms with Crippen LogP contribution in [0.5, 0.6) is 0 Å². The fraction of sp³-hybridized carbons (Fsp3) is 0.450. The van der Waals surface area contributed by atoms with Crippen LogP contribution in [0.1, 0.15) is 39.2 Å². The standard InChI is InChI=1S/C20H26N8O/c1-14(2)28-13-23-17-18(22-10-6-12-27-11-5-8-16(27)29)25-20(26-19(17)28)24-15-7-3-4-9-21-15/h3-4,7,9,13-14H,5-6,8,10-12H2,1-2H3,(H2,21,22,24,25,26). The number of rotatable bonds is 8. The number of carbonyl (C=O) groups is 1. The molecule has 1 fully saturated rings. The molecule has 1 amide bonds. The zero-order chi connectivity index (χ0) is 20.2. The summed E-state index contributed by atoms with van der Waals surface area (Å²) in [6, 6.07) is 5.87. The summed E-state index contributed by atoms with van der Waals surface area (Å²) < 4.78 is 2.02. The Morgan fingerprint density at radius 2 is 2.10 bits per heavy atom. The zero-order valence-electron chi connectivity index (χ0n) is 16.8. The molecular weight excluding hydrogens is 368 g/mol. The molecule has 3 aromatic heterocycles. The van der Waals surface area contributed by atoms with Gasteiger partial charge >= 0.3 is 0 Å². The maximum absolute atomic E-state index is 11.8. The molecule has 0 aromatic carbocycles. The van der Waals surface area contributed by atoms with Gasteiger partial charge in [-0.1, -0.05) is 6.07 Å². The van der Waals surface area contributed by atoms with Crippen LogP contribution in [0.2, 0.25) is 0 Å². The molecule has 0 aliphatic carbocycles. The topological polar surface area (TPSA) is 101 Å². The normalized spacial score (nSPS) is 14.2. The molecule has 4 rings (SSSR count). The predicted molar refractivity (Wildman–Crippen MR) is 112 cm³/mol. The van der Waals surface area contributed by atoms with E-state index in [2.05, 4.69) is 44.4 Å². The van der Waals surface area contributed by atoms with Gasteiger partial charge in [-0.05, 0) is 38.8 Å². The number of imidazole rings is 1. The first-order valence-corrected chi connectivity index (χ1v) is 10.1. The van der Waals surface area contributed by atoms with Crippen LogP contribution >= 0.6 is 0 Å². The number of aromatic nitrogens is 5. The van der Waals surface area contributed by atoms with Crippen LogP contribution < -0.4 is 10.6 Å². The van der Waals surface area contributed by atoms with Crippen molar-refractivity contribution in [2.24, 2.45) is 0 Å². The van der Waals surface area contributed by atoms with E-state index in [0.29, 0.717) is 30.5 Å². The van der Waals surface area contributed by atoms with Crippen LogP contribution in [0.25, 0.3) is 11.2 Å². The molecule has 0 radical (unpaired) electrons. The lowest BCUT2D eigenvalue weighted by Crippen LogP contribution is -2.27. The molecule has 1 saturated heterocycles. The highest BCUT2D eigenvalue weighted by molar-refractivity contribution is 5.84. The second-order valence-electron chi connectivity index (χ2n) is 7.42. The number of nitrogens with zero attached hydrogens (tertiary/aromatic N) is 6. The van der Waals surface area contributed by atoms with Gasteiger partial charge in [-0.15, -0.1) is 0 Å². The molecule has 4 heterocycles. The number of likely N-dealkylation sites (tertiary alicyclic amines) is 1. The molecule has 2 N–H and O–H groups in total. The molecule has 0 unspecified atom stereocenters. The molecule has 0 bridgehead atoms. The van der Waals surface area contributed by atoms with Gasteiger partial charge in [-0.2, -0.15) is 9.97 Å². The number of carbonyl (C=O) groups excluding carboxylic acids is 1. The Balaban J connectivity index is 1.53. The summed E-state index contributed by atoms with van der Waals surface area (Å²) in [6.07, 6.45) is 6.01. The minimum Gasteiger partial charge on any atom is -0.368 e. The lowest BCUT2D eigenvalue weighted by atomic mass is 10.3. The maximum Gasteiger partial charge on any atom is 0.232 e. The highest BCUT2D eigenvalue weighted by Crippen LogP contribution is 2.24. The molecule has 1 aliphatic heterocycles. The predicted octanol–water partition coefficient (Wildman–Crippen LogP) is 2.97. The number of nitrogens with one attached hydrogen (secondary N) is 2. The van der Waals surface area contributed by atoms with Gasteiger partial charge in [-0.25, -0.2) is 9.97 Å². The lowest BCUT2D eigenvalue weighted by molar-refractivity contribution is -0.127. The fourth-order valence-electron chi connectivity index (χ4n) is 3.44. The van der Waals surface area contributed by atoms with Crippen molar-refractivity contribution in [3.05, 3.63) is 30.7 Å². The van der Waals surface area contributed by atoms with Gasteiger partial charge in [0.15, 0.2) is 17.0 Å². The van der Waals surface area contributed by atoms with E-state index in [4.69, 9.17) is 0 Å². The van der Waals surface area contributed by atoms with Gasteiger partial charge in [0.05, 0.1) is 6.33 Å². The van der Waals surface area contributed by atoms with E-state index in [0.717, 1.165) is 37.1 Å². The summed E-state index contributed by atoms with van der Waals surface area (Å²) in [5.41, 5.74) is 1.51. The van der Waals surface area contributed by atoms with Gasteiger partial charge in [-0.3, -0.25) is 4.79 Å². The molecular formula is C20H26N8O. The van der Waals surface area contributed by atoms with Crippen LogP contribution in [0, 0.1) is 0 Å². The highest BCUT2D eigenvalue weighted by Gasteiger charge is 2.19. The fourth-order valence-corrected chi connectivity index (χ4v) is 3.44. The number of hydrogen-bond acceptors (Lipinski definition) is 7. The number of hydrogen-bond donors (Lipinski definition) is 2. The van der Waals surface area contributed by atoms with Crippen molar-refractivity contribution < 1.29 is 4.79 Å². The SMILES string of the molecule is CC(C)n1cnc2c(NCCCN3CCCC3=O)nc(Nc3ccccn3)nc21. The monoisotopic (exact) mass is 394 g/mol. The summed E-state index contributed by atoms with van der Waals surface area (Å²) >= 11 is 0. The van der Waals surface area contributed by atoms with E-state index in [1.807, 2.05) is 27.7 Å². The largest absolute Gasteiger partial charge is 0.368 e. The molecule has 0 saturated carbocycles. The average molecular weight is 394 g/mol. The first kappa shape index (κ1) is 19.1. The number of amides is 1. The van der Waals surface area contributed by atoms with Gasteiger partial charge in [0, 0.05) is 38.3 Å². The van der Waals surface area contributed by atoms with E-state index >= 15 is 0 Å². The first-order valence-electron chi connectivity index (χ1n) is 10.1. The zero-order valence-corrected chi connectivity index (χ0v) is 16.8. The summed E-state index contributed by atoms with van der Waals surface area (Å²) in [5.74, 6) is 2.09. The molecule has 0 spiro atoms. The Hall–Kier alpha value is -3.23. The third kappa shape index (κ3) is 4.28. The molecule has 9 heteroatoms. The van der Waals surface area contributed by atoms with Gasteiger partial charge < -0.3 is 20.1 Å². The third-order valence-electron chi connectivity index (χ3n) is 4.95. The molecule has 152 valence electrons. The highest BCUT2D eigenvalue weighted by atomic mass is 16.2. The van der Waals surface area contributed by atoms with Crippen molar-refractivity contribution in [3.63, 3.8) is 0 Å². The third-order valence-corrected chi connectivity index (χ3v) is 4.95. The maximum atomic E-state index is 11.8. The Bertz CT molecular complexity index is 985. The Kier molecular flexibility index (Phi) is 5.55. The number of anilines is 3. The summed E-state index contributed by atoms with van der Waals surface area (Å²) in [6.45, 7) is 6.52. The second kappa shape index (κ2) is 8.42. The Labute approximate surface area is 169 Å². The smallest absolute Gasteiger partial charge is 0.232 e. The van der Waals surface area contributed by atoms with E-state index in [1.54, 1.807) is 12.5 Å². The number of fused-ring (bicyclic) bond motifs is 1. The van der Waals surface area contributed by atoms with E-state index in [1.165, 1.54) is 0 Å². The lowest BCUT2D eigenvalue weighted by Gasteiger charge is -2.16. The van der Waals surface area contributed by atoms with Crippen LogP contribution in [0.4, 0.5) is 17.6 Å². The molecule has 3 aromatic rings. The molecule has 1 aliphatic rings. The number of pyridine rings is 1. The van der Waals surface area contributed by atoms with Crippen LogP contribution in [-0.4, -0.2) is 54.9 Å². The van der Waals surface area contributed by atoms with Crippen LogP contribution in [-0.2, 0) is 4.79 Å². The minimum absolute atomic E-state index is 0.228. The van der Waals surface area contributed by atoms with Gasteiger partial charge in [0.2, 0.25) is 11.9 Å². The first-order chi connectivity index (χ1) is 14.1. The van der Waals surface area contributed by atoms with Crippen molar-refractivity contribution in [1.82, 2.24) is 29.4 Å². The summed E-state index contributed by atoms with van der Waals surface area (Å²) in [5, 5.41) is 6.55.